The van der Waals surface area contributed by atoms with Crippen LogP contribution in [0.2, 0.25) is 5.15 Å². The Morgan fingerprint density at radius 2 is 2.06 bits per heavy atom. The molecule has 1 aromatic rings. The number of hydrogen-bond acceptors (Lipinski definition) is 2. The molecule has 1 fully saturated rings. The molecule has 2 heterocycles. The minimum Gasteiger partial charge on any atom is -0.371 e. The summed E-state index contributed by atoms with van der Waals surface area (Å²) in [6, 6.07) is 4.03. The predicted molar refractivity (Wildman–Crippen MR) is 78.3 cm³/mol. The molecule has 0 bridgehead atoms. The van der Waals surface area contributed by atoms with Crippen LogP contribution in [0.25, 0.3) is 0 Å². The minimum atomic E-state index is 0.423. The van der Waals surface area contributed by atoms with Gasteiger partial charge in [-0.2, -0.15) is 0 Å². The Morgan fingerprint density at radius 3 is 2.72 bits per heavy atom. The number of rotatable bonds is 1. The van der Waals surface area contributed by atoms with Crippen LogP contribution in [0.5, 0.6) is 0 Å². The summed E-state index contributed by atoms with van der Waals surface area (Å²) >= 11 is 5.97. The van der Waals surface area contributed by atoms with Crippen molar-refractivity contribution in [3.63, 3.8) is 0 Å². The zero-order valence-electron chi connectivity index (χ0n) is 11.6. The molecule has 0 spiro atoms. The molecule has 2 nitrogen and oxygen atoms in total. The summed E-state index contributed by atoms with van der Waals surface area (Å²) in [6.07, 6.45) is 5.66. The molecule has 0 aliphatic carbocycles. The molecule has 0 saturated carbocycles. The first-order valence-electron chi connectivity index (χ1n) is 6.83. The fourth-order valence-electron chi connectivity index (χ4n) is 2.81. The van der Waals surface area contributed by atoms with E-state index in [9.17, 15) is 0 Å². The molecule has 18 heavy (non-hydrogen) atoms. The van der Waals surface area contributed by atoms with E-state index in [-0.39, 0.29) is 0 Å². The van der Waals surface area contributed by atoms with E-state index >= 15 is 0 Å². The van der Waals surface area contributed by atoms with Crippen molar-refractivity contribution in [3.05, 3.63) is 23.5 Å². The molecule has 1 saturated heterocycles. The lowest BCUT2D eigenvalue weighted by molar-refractivity contribution is 0.220. The first kappa shape index (κ1) is 13.7. The van der Waals surface area contributed by atoms with Gasteiger partial charge in [0.25, 0.3) is 0 Å². The third-order valence-corrected chi connectivity index (χ3v) is 4.23. The summed E-state index contributed by atoms with van der Waals surface area (Å²) in [6.45, 7) is 9.33. The average Bonchev–Trinajstić information content (AvgIpc) is 2.53. The van der Waals surface area contributed by atoms with Crippen molar-refractivity contribution >= 4 is 17.3 Å². The van der Waals surface area contributed by atoms with Crippen LogP contribution >= 0.6 is 11.6 Å². The van der Waals surface area contributed by atoms with Crippen molar-refractivity contribution < 1.29 is 0 Å². The van der Waals surface area contributed by atoms with E-state index in [0.29, 0.717) is 10.6 Å². The Bertz CT molecular complexity index is 398. The fourth-order valence-corrected chi connectivity index (χ4v) is 2.98. The van der Waals surface area contributed by atoms with Crippen molar-refractivity contribution in [2.75, 3.05) is 18.0 Å². The standard InChI is InChI=1S/C15H23ClN2/c1-15(2,3)12-5-4-9-18(10-7-12)13-6-8-17-14(16)11-13/h6,8,11-12H,4-5,7,9-10H2,1-3H3. The van der Waals surface area contributed by atoms with Gasteiger partial charge in [0.1, 0.15) is 5.15 Å². The van der Waals surface area contributed by atoms with Crippen molar-refractivity contribution in [2.45, 2.75) is 40.0 Å². The van der Waals surface area contributed by atoms with Crippen molar-refractivity contribution in [1.29, 1.82) is 0 Å². The average molecular weight is 267 g/mol. The van der Waals surface area contributed by atoms with Gasteiger partial charge in [-0.05, 0) is 42.7 Å². The highest BCUT2D eigenvalue weighted by atomic mass is 35.5. The highest BCUT2D eigenvalue weighted by Gasteiger charge is 2.27. The van der Waals surface area contributed by atoms with E-state index < -0.39 is 0 Å². The molecule has 0 amide bonds. The van der Waals surface area contributed by atoms with Gasteiger partial charge in [0.2, 0.25) is 0 Å². The third kappa shape index (κ3) is 3.38. The fraction of sp³-hybridized carbons (Fsp3) is 0.667. The Labute approximate surface area is 115 Å². The maximum absolute atomic E-state index is 5.97. The molecule has 1 aliphatic rings. The lowest BCUT2D eigenvalue weighted by Gasteiger charge is -2.30. The molecular weight excluding hydrogens is 244 g/mol. The molecule has 1 atom stereocenters. The second-order valence-electron chi connectivity index (χ2n) is 6.32. The molecule has 2 rings (SSSR count). The summed E-state index contributed by atoms with van der Waals surface area (Å²) in [5.41, 5.74) is 1.64. The summed E-state index contributed by atoms with van der Waals surface area (Å²) < 4.78 is 0. The normalized spacial score (nSPS) is 21.8. The number of halogens is 1. The van der Waals surface area contributed by atoms with Gasteiger partial charge in [-0.15, -0.1) is 0 Å². The second kappa shape index (κ2) is 5.48. The molecule has 0 radical (unpaired) electrons. The zero-order valence-corrected chi connectivity index (χ0v) is 12.4. The molecule has 1 unspecified atom stereocenters. The van der Waals surface area contributed by atoms with Gasteiger partial charge in [-0.25, -0.2) is 4.98 Å². The predicted octanol–water partition coefficient (Wildman–Crippen LogP) is 4.39. The molecular formula is C15H23ClN2. The van der Waals surface area contributed by atoms with Gasteiger partial charge >= 0.3 is 0 Å². The van der Waals surface area contributed by atoms with Crippen LogP contribution in [0.1, 0.15) is 40.0 Å². The smallest absolute Gasteiger partial charge is 0.131 e. The van der Waals surface area contributed by atoms with Crippen LogP contribution in [0.15, 0.2) is 18.3 Å². The number of anilines is 1. The molecule has 0 aromatic carbocycles. The quantitative estimate of drug-likeness (QED) is 0.701. The van der Waals surface area contributed by atoms with Gasteiger partial charge in [0, 0.05) is 25.0 Å². The monoisotopic (exact) mass is 266 g/mol. The Kier molecular flexibility index (Phi) is 4.16. The molecule has 1 aliphatic heterocycles. The van der Waals surface area contributed by atoms with Crippen LogP contribution < -0.4 is 4.90 Å². The molecule has 0 N–H and O–H groups in total. The van der Waals surface area contributed by atoms with Crippen molar-refractivity contribution in [3.8, 4) is 0 Å². The van der Waals surface area contributed by atoms with Crippen LogP contribution in [0.4, 0.5) is 5.69 Å². The van der Waals surface area contributed by atoms with Gasteiger partial charge in [-0.3, -0.25) is 0 Å². The first-order valence-corrected chi connectivity index (χ1v) is 7.21. The SMILES string of the molecule is CC(C)(C)C1CCCN(c2ccnc(Cl)c2)CC1. The highest BCUT2D eigenvalue weighted by Crippen LogP contribution is 2.35. The number of pyridine rings is 1. The van der Waals surface area contributed by atoms with E-state index in [4.69, 9.17) is 11.6 Å². The molecule has 1 aromatic heterocycles. The minimum absolute atomic E-state index is 0.423. The maximum Gasteiger partial charge on any atom is 0.131 e. The third-order valence-electron chi connectivity index (χ3n) is 4.03. The van der Waals surface area contributed by atoms with E-state index in [0.717, 1.165) is 19.0 Å². The van der Waals surface area contributed by atoms with Crippen molar-refractivity contribution in [1.82, 2.24) is 4.98 Å². The summed E-state index contributed by atoms with van der Waals surface area (Å²) in [7, 11) is 0. The number of nitrogens with zero attached hydrogens (tertiary/aromatic N) is 2. The van der Waals surface area contributed by atoms with Crippen LogP contribution in [-0.4, -0.2) is 18.1 Å². The van der Waals surface area contributed by atoms with E-state index in [1.54, 1.807) is 6.20 Å². The second-order valence-corrected chi connectivity index (χ2v) is 6.70. The summed E-state index contributed by atoms with van der Waals surface area (Å²) in [4.78, 5) is 6.49. The number of aromatic nitrogens is 1. The van der Waals surface area contributed by atoms with Crippen LogP contribution in [-0.2, 0) is 0 Å². The number of hydrogen-bond donors (Lipinski definition) is 0. The summed E-state index contributed by atoms with van der Waals surface area (Å²) in [5.74, 6) is 0.819. The topological polar surface area (TPSA) is 16.1 Å². The molecule has 100 valence electrons. The Morgan fingerprint density at radius 1 is 1.28 bits per heavy atom. The van der Waals surface area contributed by atoms with E-state index in [1.165, 1.54) is 24.9 Å². The largest absolute Gasteiger partial charge is 0.371 e. The lowest BCUT2D eigenvalue weighted by Crippen LogP contribution is -2.26. The van der Waals surface area contributed by atoms with Gasteiger partial charge < -0.3 is 4.90 Å². The van der Waals surface area contributed by atoms with Gasteiger partial charge in [-0.1, -0.05) is 32.4 Å². The van der Waals surface area contributed by atoms with E-state index in [1.807, 2.05) is 6.07 Å². The van der Waals surface area contributed by atoms with Gasteiger partial charge in [0.05, 0.1) is 0 Å². The first-order chi connectivity index (χ1) is 8.47. The van der Waals surface area contributed by atoms with Crippen LogP contribution in [0, 0.1) is 11.3 Å². The molecule has 3 heteroatoms. The lowest BCUT2D eigenvalue weighted by atomic mass is 9.77. The zero-order chi connectivity index (χ0) is 13.2. The highest BCUT2D eigenvalue weighted by molar-refractivity contribution is 6.29. The maximum atomic E-state index is 5.97. The summed E-state index contributed by atoms with van der Waals surface area (Å²) in [5, 5.41) is 0.587. The van der Waals surface area contributed by atoms with Crippen LogP contribution in [0.3, 0.4) is 0 Å². The van der Waals surface area contributed by atoms with E-state index in [2.05, 4.69) is 36.7 Å². The van der Waals surface area contributed by atoms with Gasteiger partial charge in [0.15, 0.2) is 0 Å². The Balaban J connectivity index is 2.05. The Hall–Kier alpha value is -0.760. The van der Waals surface area contributed by atoms with Crippen molar-refractivity contribution in [2.24, 2.45) is 11.3 Å².